The van der Waals surface area contributed by atoms with Crippen LogP contribution in [0.1, 0.15) is 97.3 Å². The van der Waals surface area contributed by atoms with Crippen LogP contribution in [-0.2, 0) is 54.8 Å². The number of carbonyl (C=O) groups is 8. The van der Waals surface area contributed by atoms with Crippen molar-refractivity contribution in [2.45, 2.75) is 138 Å². The van der Waals surface area contributed by atoms with Gasteiger partial charge in [-0.25, -0.2) is 0 Å². The van der Waals surface area contributed by atoms with Crippen LogP contribution in [0.5, 0.6) is 0 Å². The second-order valence-electron chi connectivity index (χ2n) is 19.2. The van der Waals surface area contributed by atoms with Crippen molar-refractivity contribution in [3.05, 3.63) is 44.3 Å². The van der Waals surface area contributed by atoms with Crippen molar-refractivity contribution >= 4 is 59.2 Å². The van der Waals surface area contributed by atoms with Crippen molar-refractivity contribution in [1.82, 2.24) is 5.32 Å². The van der Waals surface area contributed by atoms with E-state index in [0.29, 0.717) is 5.70 Å². The molecule has 7 rings (SSSR count). The normalized spacial score (nSPS) is 41.4. The number of aliphatic carboxylic acids is 5. The number of nitrogens with two attached hydrogens (primary N) is 1. The molecule has 1 saturated carbocycles. The number of fused-ring (bicyclic) bond motifs is 6. The van der Waals surface area contributed by atoms with Crippen molar-refractivity contribution in [2.24, 2.45) is 52.1 Å². The molecule has 7 aliphatic rings. The molecule has 0 radical (unpaired) electrons. The fourth-order valence-electron chi connectivity index (χ4n) is 12.9. The summed E-state index contributed by atoms with van der Waals surface area (Å²) in [4.78, 5) is 103. The second-order valence-corrected chi connectivity index (χ2v) is 20.2. The Morgan fingerprint density at radius 3 is 2.08 bits per heavy atom. The zero-order valence-corrected chi connectivity index (χ0v) is 37.6. The van der Waals surface area contributed by atoms with Crippen molar-refractivity contribution in [1.29, 1.82) is 0 Å². The van der Waals surface area contributed by atoms with Gasteiger partial charge in [0.2, 0.25) is 11.8 Å². The van der Waals surface area contributed by atoms with Gasteiger partial charge in [0.15, 0.2) is 5.78 Å². The van der Waals surface area contributed by atoms with Gasteiger partial charge in [-0.05, 0) is 83.6 Å². The first-order valence-electron chi connectivity index (χ1n) is 21.7. The molecule has 0 aromatic carbocycles. The van der Waals surface area contributed by atoms with E-state index in [1.807, 2.05) is 13.8 Å². The van der Waals surface area contributed by atoms with Gasteiger partial charge in [0.05, 0.1) is 5.25 Å². The maximum atomic E-state index is 14.8. The average molecular weight is 956 g/mol. The number of carboxylic acid groups (broad SMARTS) is 5. The van der Waals surface area contributed by atoms with Gasteiger partial charge in [-0.2, -0.15) is 23.2 Å². The largest absolute Gasteiger partial charge is 0.681 e. The number of rotatable bonds is 16. The molecule has 2 unspecified atom stereocenters. The summed E-state index contributed by atoms with van der Waals surface area (Å²) >= 11 is 1.29. The summed E-state index contributed by atoms with van der Waals surface area (Å²) in [6, 6.07) is -4.10. The standard InChI is InChI=1S/C43H57N6O13S.Ni/c1-41(16-30(44)50)22(5-8-33(54)55)27-15-43-42(2,17-31(51)49-43)23(6-9-34(56)57)26(48-43)13-24-19(11-35(58)59)18(4-7-32(52)53)38(46-24)37-39-21(10-28(63-3)40(37)62)20(12-36(60)61)25(47-39)14-29(41)45-27;/h13,18-25,27-29,39H,4-12,14-17H2,1-3H3,(H9,44,46,49,50,51,52,53,54,55,56,57,58,59,60,61,62);/q-3;/p-1/b26-13-;/t18-,19-,20-,21-,22+,23+,24+,25+,27-,28-,29?,39?,41-,42-,43-;/m0./s1. The van der Waals surface area contributed by atoms with Gasteiger partial charge in [-0.15, -0.1) is 30.2 Å². The maximum Gasteiger partial charge on any atom is 0.303 e. The molecule has 15 atom stereocenters. The van der Waals surface area contributed by atoms with Gasteiger partial charge >= 0.3 is 29.8 Å². The van der Waals surface area contributed by atoms with Crippen molar-refractivity contribution in [3.8, 4) is 0 Å². The van der Waals surface area contributed by atoms with E-state index >= 15 is 0 Å². The number of nitrogens with one attached hydrogen (secondary N) is 1. The topological polar surface area (TPSA) is 332 Å². The summed E-state index contributed by atoms with van der Waals surface area (Å²) in [5, 5.41) is 74.0. The fraction of sp³-hybridized carbons (Fsp3) is 0.721. The van der Waals surface area contributed by atoms with Crippen molar-refractivity contribution in [2.75, 3.05) is 6.26 Å². The molecule has 64 heavy (non-hydrogen) atoms. The minimum atomic E-state index is -1.44. The van der Waals surface area contributed by atoms with Crippen LogP contribution in [0.15, 0.2) is 23.0 Å². The Kier molecular flexibility index (Phi) is 14.3. The van der Waals surface area contributed by atoms with Gasteiger partial charge in [0.1, 0.15) is 0 Å². The van der Waals surface area contributed by atoms with E-state index in [4.69, 9.17) is 27.0 Å². The number of carbonyl (C=O) groups excluding carboxylic acids is 3. The molecule has 21 heteroatoms. The van der Waals surface area contributed by atoms with Gasteiger partial charge in [-0.1, -0.05) is 38.6 Å². The van der Waals surface area contributed by atoms with E-state index in [-0.39, 0.29) is 117 Å². The van der Waals surface area contributed by atoms with E-state index in [1.165, 1.54) is 11.8 Å². The van der Waals surface area contributed by atoms with Crippen LogP contribution in [0.4, 0.5) is 0 Å². The average Bonchev–Trinajstić information content (AvgIpc) is 3.86. The Hall–Kier alpha value is -4.20. The zero-order valence-electron chi connectivity index (χ0n) is 35.8. The summed E-state index contributed by atoms with van der Waals surface area (Å²) in [7, 11) is 0. The molecule has 6 aliphatic heterocycles. The summed E-state index contributed by atoms with van der Waals surface area (Å²) in [6.07, 6.45) is 1.83. The van der Waals surface area contributed by atoms with Crippen molar-refractivity contribution < 1.29 is 80.4 Å². The Balaban J connectivity index is 0.00000680. The van der Waals surface area contributed by atoms with Crippen LogP contribution < -0.4 is 11.1 Å². The molecule has 356 valence electrons. The molecule has 8 N–H and O–H groups in total. The molecule has 5 saturated heterocycles. The number of ketones is 1. The van der Waals surface area contributed by atoms with Gasteiger partial charge < -0.3 is 57.9 Å². The van der Waals surface area contributed by atoms with Gasteiger partial charge in [0.25, 0.3) is 0 Å². The number of Topliss-reactive ketones (excluding diaryl/α,β-unsaturated/α-hetero) is 1. The maximum absolute atomic E-state index is 14.8. The van der Waals surface area contributed by atoms with Crippen LogP contribution in [0.2, 0.25) is 0 Å². The van der Waals surface area contributed by atoms with E-state index in [2.05, 4.69) is 5.32 Å². The SMILES string of the molecule is CS[C@H]1C[C@@H]2C3[N-][C@H](CC4[N-][C@@H](C[C@@]56[N-]/C(=C\[C@H]7[N-]/C(=C\3C1=O)[C@@H](CCC(=O)O)[C@@H]7CC(=O)O)[C@@H](CCC(=O)O)[C@]5(C)CC(=O)N6)[C@@H](CCC(=O)O)[C@]4(C)CC(N)=O)[C@H]2CC(=O)O.[Ni]. The third-order valence-corrected chi connectivity index (χ3v) is 16.7. The van der Waals surface area contributed by atoms with E-state index in [1.54, 1.807) is 12.3 Å². The van der Waals surface area contributed by atoms with Crippen LogP contribution >= 0.6 is 11.8 Å². The fourth-order valence-corrected chi connectivity index (χ4v) is 13.6. The first-order valence-corrected chi connectivity index (χ1v) is 22.9. The number of primary amides is 1. The molecule has 1 spiro atoms. The van der Waals surface area contributed by atoms with E-state index < -0.39 is 130 Å². The quantitative estimate of drug-likeness (QED) is 0.106. The van der Waals surface area contributed by atoms with Gasteiger partial charge in [0, 0.05) is 61.4 Å². The Morgan fingerprint density at radius 2 is 1.47 bits per heavy atom. The molecule has 2 amide bonds. The Labute approximate surface area is 384 Å². The number of hydrogen-bond acceptors (Lipinski definition) is 9. The smallest absolute Gasteiger partial charge is 0.303 e. The van der Waals surface area contributed by atoms with Crippen molar-refractivity contribution in [3.63, 3.8) is 0 Å². The molecule has 0 aromatic rings. The Bertz CT molecular complexity index is 2040. The predicted molar refractivity (Wildman–Crippen MR) is 225 cm³/mol. The molecular weight excluding hydrogens is 899 g/mol. The molecule has 19 nitrogen and oxygen atoms in total. The third-order valence-electron chi connectivity index (χ3n) is 15.7. The number of nitrogens with zero attached hydrogens (tertiary/aromatic N) is 4. The first-order chi connectivity index (χ1) is 29.6. The van der Waals surface area contributed by atoms with Gasteiger partial charge in [-0.3, -0.25) is 38.4 Å². The van der Waals surface area contributed by atoms with Crippen LogP contribution in [0.25, 0.3) is 21.3 Å². The minimum Gasteiger partial charge on any atom is -0.681 e. The molecule has 6 heterocycles. The second kappa shape index (κ2) is 18.6. The number of carboxylic acids is 5. The summed E-state index contributed by atoms with van der Waals surface area (Å²) < 4.78 is 0. The summed E-state index contributed by atoms with van der Waals surface area (Å²) in [5.41, 5.74) is 3.11. The van der Waals surface area contributed by atoms with Crippen LogP contribution in [0.3, 0.4) is 0 Å². The molecular formula is C43H56N6NiO13S-4. The number of hydrogen-bond donors (Lipinski definition) is 7. The number of thioether (sulfide) groups is 1. The predicted octanol–water partition coefficient (Wildman–Crippen LogP) is 4.36. The van der Waals surface area contributed by atoms with E-state index in [9.17, 15) is 63.9 Å². The first kappa shape index (κ1) is 49.2. The van der Waals surface area contributed by atoms with Crippen LogP contribution in [-0.4, -0.2) is 120 Å². The molecule has 6 fully saturated rings. The van der Waals surface area contributed by atoms with Crippen LogP contribution in [0, 0.1) is 46.3 Å². The summed E-state index contributed by atoms with van der Waals surface area (Å²) in [6.45, 7) is 3.66. The Morgan fingerprint density at radius 1 is 0.844 bits per heavy atom. The summed E-state index contributed by atoms with van der Waals surface area (Å²) in [5.74, 6) is -11.1. The number of allylic oxidation sites excluding steroid dienone is 2. The number of amides is 2. The molecule has 1 aliphatic carbocycles. The monoisotopic (exact) mass is 954 g/mol. The third kappa shape index (κ3) is 8.90. The zero-order chi connectivity index (χ0) is 45.9. The minimum absolute atomic E-state index is 0. The molecule has 0 aromatic heterocycles. The van der Waals surface area contributed by atoms with E-state index in [0.717, 1.165) is 0 Å². The molecule has 8 bridgehead atoms.